The summed E-state index contributed by atoms with van der Waals surface area (Å²) in [5.74, 6) is 0. The highest BCUT2D eigenvalue weighted by Gasteiger charge is 2.20. The van der Waals surface area contributed by atoms with Gasteiger partial charge in [0.05, 0.1) is 13.7 Å². The van der Waals surface area contributed by atoms with E-state index in [9.17, 15) is 17.3 Å². The Hall–Kier alpha value is -1.05. The lowest BCUT2D eigenvalue weighted by atomic mass is 10.2. The lowest BCUT2D eigenvalue weighted by Gasteiger charge is -2.00. The maximum absolute atomic E-state index is 9.75. The van der Waals surface area contributed by atoms with Crippen LogP contribution in [-0.2, 0) is 18.5 Å². The number of ether oxygens (including phenoxy) is 1. The predicted octanol–water partition coefficient (Wildman–Crippen LogP) is 3.17. The van der Waals surface area contributed by atoms with Gasteiger partial charge in [-0.1, -0.05) is 26.2 Å². The fourth-order valence-electron chi connectivity index (χ4n) is 1.38. The van der Waals surface area contributed by atoms with Crippen molar-refractivity contribution in [1.82, 2.24) is 4.57 Å². The fraction of sp³-hybridized carbons (Fsp3) is 0.727. The molecule has 0 amide bonds. The molecule has 112 valence electrons. The van der Waals surface area contributed by atoms with Crippen LogP contribution in [0.15, 0.2) is 18.7 Å². The smallest absolute Gasteiger partial charge is 0.418 e. The lowest BCUT2D eigenvalue weighted by Crippen LogP contribution is -2.32. The molecule has 19 heavy (non-hydrogen) atoms. The van der Waals surface area contributed by atoms with E-state index in [1.165, 1.54) is 25.7 Å². The second-order valence-corrected chi connectivity index (χ2v) is 4.19. The lowest BCUT2D eigenvalue weighted by molar-refractivity contribution is -0.732. The zero-order valence-electron chi connectivity index (χ0n) is 11.4. The van der Waals surface area contributed by atoms with Crippen LogP contribution in [0.2, 0.25) is 0 Å². The number of hydrogen-bond donors (Lipinski definition) is 0. The van der Waals surface area contributed by atoms with Crippen LogP contribution in [0, 0.1) is 0 Å². The third kappa shape index (κ3) is 14.9. The second kappa shape index (κ2) is 9.83. The van der Waals surface area contributed by atoms with E-state index in [0.717, 1.165) is 6.61 Å². The van der Waals surface area contributed by atoms with Gasteiger partial charge in [-0.2, -0.15) is 0 Å². The number of halogens is 4. The summed E-state index contributed by atoms with van der Waals surface area (Å²) in [6, 6.07) is 0. The number of aryl methyl sites for hydroxylation is 1. The summed E-state index contributed by atoms with van der Waals surface area (Å²) in [6.45, 7) is 3.77. The molecule has 1 rings (SSSR count). The molecule has 8 heteroatoms. The highest BCUT2D eigenvalue weighted by Crippen LogP contribution is 2.06. The van der Waals surface area contributed by atoms with E-state index in [4.69, 9.17) is 4.74 Å². The van der Waals surface area contributed by atoms with Crippen LogP contribution in [-0.4, -0.2) is 18.4 Å². The van der Waals surface area contributed by atoms with Crippen molar-refractivity contribution in [2.45, 2.75) is 39.3 Å². The minimum absolute atomic E-state index is 0.674. The molecule has 1 aromatic heterocycles. The minimum atomic E-state index is -6.00. The summed E-state index contributed by atoms with van der Waals surface area (Å²) in [4.78, 5) is 0. The molecule has 0 radical (unpaired) electrons. The van der Waals surface area contributed by atoms with Crippen molar-refractivity contribution in [3.63, 3.8) is 0 Å². The number of unbranched alkanes of at least 4 members (excludes halogenated alkanes) is 3. The molecule has 0 aliphatic rings. The highest BCUT2D eigenvalue weighted by molar-refractivity contribution is 6.50. The maximum atomic E-state index is 9.75. The van der Waals surface area contributed by atoms with Gasteiger partial charge in [-0.15, -0.1) is 0 Å². The number of imidazole rings is 1. The Morgan fingerprint density at radius 1 is 1.16 bits per heavy atom. The Morgan fingerprint density at radius 3 is 2.26 bits per heavy atom. The van der Waals surface area contributed by atoms with Gasteiger partial charge in [0.1, 0.15) is 12.4 Å². The van der Waals surface area contributed by atoms with Crippen molar-refractivity contribution in [1.29, 1.82) is 0 Å². The summed E-state index contributed by atoms with van der Waals surface area (Å²) in [5.41, 5.74) is 0. The van der Waals surface area contributed by atoms with E-state index in [2.05, 4.69) is 6.92 Å². The Morgan fingerprint density at radius 2 is 1.79 bits per heavy atom. The molecular formula is C11H21BF4N2O. The van der Waals surface area contributed by atoms with Crippen molar-refractivity contribution in [2.24, 2.45) is 7.05 Å². The molecule has 3 nitrogen and oxygen atoms in total. The largest absolute Gasteiger partial charge is 0.673 e. The molecule has 1 heterocycles. The van der Waals surface area contributed by atoms with Crippen LogP contribution in [0.1, 0.15) is 32.6 Å². The predicted molar refractivity (Wildman–Crippen MR) is 65.9 cm³/mol. The van der Waals surface area contributed by atoms with Gasteiger partial charge >= 0.3 is 7.25 Å². The first kappa shape index (κ1) is 18.0. The number of rotatable bonds is 7. The van der Waals surface area contributed by atoms with Crippen molar-refractivity contribution in [3.8, 4) is 0 Å². The van der Waals surface area contributed by atoms with Gasteiger partial charge in [0.15, 0.2) is 6.73 Å². The van der Waals surface area contributed by atoms with Crippen LogP contribution in [0.5, 0.6) is 0 Å². The Bertz CT molecular complexity index is 325. The average molecular weight is 284 g/mol. The van der Waals surface area contributed by atoms with Gasteiger partial charge < -0.3 is 22.0 Å². The quantitative estimate of drug-likeness (QED) is 0.325. The van der Waals surface area contributed by atoms with Crippen LogP contribution in [0.3, 0.4) is 0 Å². The molecule has 0 saturated carbocycles. The van der Waals surface area contributed by atoms with E-state index < -0.39 is 7.25 Å². The first-order chi connectivity index (χ1) is 8.83. The molecule has 0 unspecified atom stereocenters. The standard InChI is InChI=1S/C11H21N2O.BF4/c1-3-4-5-6-9-14-11-13-8-7-12(2)10-13;2-1(3,4)5/h7-8,10H,3-6,9,11H2,1-2H3;/q+1;-1. The normalized spacial score (nSPS) is 11.1. The molecule has 0 spiro atoms. The summed E-state index contributed by atoms with van der Waals surface area (Å²) in [6.07, 6.45) is 11.1. The third-order valence-corrected chi connectivity index (χ3v) is 2.21. The van der Waals surface area contributed by atoms with Gasteiger partial charge in [0, 0.05) is 0 Å². The molecule has 0 aliphatic carbocycles. The van der Waals surface area contributed by atoms with E-state index in [1.807, 2.05) is 34.9 Å². The Kier molecular flexibility index (Phi) is 9.29. The van der Waals surface area contributed by atoms with Gasteiger partial charge in [-0.3, -0.25) is 0 Å². The molecule has 0 atom stereocenters. The minimum Gasteiger partial charge on any atom is -0.418 e. The van der Waals surface area contributed by atoms with Crippen molar-refractivity contribution in [2.75, 3.05) is 6.61 Å². The summed E-state index contributed by atoms with van der Waals surface area (Å²) in [7, 11) is -3.99. The SMILES string of the molecule is CCCCCCOC[n+]1ccn(C)c1.F[B-](F)(F)F. The third-order valence-electron chi connectivity index (χ3n) is 2.21. The number of nitrogens with zero attached hydrogens (tertiary/aromatic N) is 2. The molecule has 0 fully saturated rings. The van der Waals surface area contributed by atoms with Crippen LogP contribution in [0.4, 0.5) is 17.3 Å². The summed E-state index contributed by atoms with van der Waals surface area (Å²) >= 11 is 0. The van der Waals surface area contributed by atoms with Crippen molar-refractivity contribution >= 4 is 7.25 Å². The van der Waals surface area contributed by atoms with Crippen molar-refractivity contribution in [3.05, 3.63) is 18.7 Å². The Labute approximate surface area is 111 Å². The fourth-order valence-corrected chi connectivity index (χ4v) is 1.38. The molecule has 1 aromatic rings. The van der Waals surface area contributed by atoms with Gasteiger partial charge in [0.2, 0.25) is 6.33 Å². The van der Waals surface area contributed by atoms with Gasteiger partial charge in [-0.25, -0.2) is 9.13 Å². The second-order valence-electron chi connectivity index (χ2n) is 4.19. The van der Waals surface area contributed by atoms with Crippen LogP contribution < -0.4 is 4.57 Å². The zero-order chi connectivity index (χ0) is 14.7. The molecule has 0 N–H and O–H groups in total. The maximum Gasteiger partial charge on any atom is 0.673 e. The molecule has 0 aliphatic heterocycles. The van der Waals surface area contributed by atoms with Gasteiger partial charge in [0.25, 0.3) is 0 Å². The molecular weight excluding hydrogens is 263 g/mol. The van der Waals surface area contributed by atoms with Crippen LogP contribution in [0.25, 0.3) is 0 Å². The molecule has 0 saturated heterocycles. The number of aromatic nitrogens is 2. The summed E-state index contributed by atoms with van der Waals surface area (Å²) in [5, 5.41) is 0. The van der Waals surface area contributed by atoms with Crippen molar-refractivity contribution < 1.29 is 26.6 Å². The van der Waals surface area contributed by atoms with E-state index in [-0.39, 0.29) is 0 Å². The van der Waals surface area contributed by atoms with Crippen LogP contribution >= 0.6 is 0 Å². The average Bonchev–Trinajstić information content (AvgIpc) is 2.67. The van der Waals surface area contributed by atoms with E-state index in [1.54, 1.807) is 0 Å². The molecule has 0 aromatic carbocycles. The highest BCUT2D eigenvalue weighted by atomic mass is 19.5. The first-order valence-corrected chi connectivity index (χ1v) is 6.29. The monoisotopic (exact) mass is 284 g/mol. The molecule has 0 bridgehead atoms. The van der Waals surface area contributed by atoms with E-state index in [0.29, 0.717) is 6.73 Å². The topological polar surface area (TPSA) is 18.0 Å². The first-order valence-electron chi connectivity index (χ1n) is 6.29. The zero-order valence-corrected chi connectivity index (χ0v) is 11.4. The summed E-state index contributed by atoms with van der Waals surface area (Å²) < 4.78 is 48.6. The van der Waals surface area contributed by atoms with Gasteiger partial charge in [-0.05, 0) is 6.42 Å². The van der Waals surface area contributed by atoms with E-state index >= 15 is 0 Å². The Balaban J connectivity index is 0.000000555. The number of hydrogen-bond acceptors (Lipinski definition) is 1.